The molecule has 3 nitrogen and oxygen atoms in total. The first-order valence-electron chi connectivity index (χ1n) is 5.49. The summed E-state index contributed by atoms with van der Waals surface area (Å²) >= 11 is 0. The lowest BCUT2D eigenvalue weighted by Crippen LogP contribution is -2.46. The lowest BCUT2D eigenvalue weighted by molar-refractivity contribution is -0.119. The summed E-state index contributed by atoms with van der Waals surface area (Å²) in [7, 11) is 0. The first kappa shape index (κ1) is 14.9. The van der Waals surface area contributed by atoms with Crippen molar-refractivity contribution in [3.8, 4) is 0 Å². The number of hydrogen-bond acceptors (Lipinski definition) is 2. The van der Waals surface area contributed by atoms with Crippen LogP contribution in [0.2, 0.25) is 0 Å². The van der Waals surface area contributed by atoms with Crippen LogP contribution in [0, 0.1) is 0 Å². The number of hydrogen-bond donors (Lipinski definition) is 2. The zero-order valence-electron chi connectivity index (χ0n) is 11.1. The molecule has 0 atom stereocenters. The van der Waals surface area contributed by atoms with Gasteiger partial charge in [-0.15, -0.1) is 0 Å². The maximum absolute atomic E-state index is 12.0. The molecule has 0 bridgehead atoms. The summed E-state index contributed by atoms with van der Waals surface area (Å²) in [4.78, 5) is 12.0. The molecule has 0 spiro atoms. The largest absolute Gasteiger partial charge is 0.394 e. The van der Waals surface area contributed by atoms with Gasteiger partial charge in [-0.05, 0) is 47.1 Å². The third-order valence-corrected chi connectivity index (χ3v) is 2.53. The van der Waals surface area contributed by atoms with E-state index in [1.807, 2.05) is 27.7 Å². The fraction of sp³-hybridized carbons (Fsp3) is 0.615. The zero-order valence-corrected chi connectivity index (χ0v) is 11.1. The van der Waals surface area contributed by atoms with Crippen molar-refractivity contribution in [2.75, 3.05) is 6.61 Å². The fourth-order valence-electron chi connectivity index (χ4n) is 1.20. The molecule has 0 aromatic heterocycles. The molecule has 0 fully saturated rings. The van der Waals surface area contributed by atoms with E-state index in [0.717, 1.165) is 11.1 Å². The fourth-order valence-corrected chi connectivity index (χ4v) is 1.20. The van der Waals surface area contributed by atoms with Crippen LogP contribution in [0.15, 0.2) is 22.8 Å². The number of carbonyl (C=O) groups is 1. The van der Waals surface area contributed by atoms with Crippen molar-refractivity contribution in [1.82, 2.24) is 5.32 Å². The van der Waals surface area contributed by atoms with E-state index in [4.69, 9.17) is 5.11 Å². The molecule has 0 aromatic rings. The molecule has 0 saturated heterocycles. The average Bonchev–Trinajstić information content (AvgIpc) is 2.17. The molecule has 0 saturated carbocycles. The molecule has 0 aromatic carbocycles. The minimum Gasteiger partial charge on any atom is -0.394 e. The topological polar surface area (TPSA) is 49.3 Å². The van der Waals surface area contributed by atoms with Gasteiger partial charge in [0.2, 0.25) is 0 Å². The van der Waals surface area contributed by atoms with E-state index in [9.17, 15) is 4.79 Å². The molecule has 0 aliphatic carbocycles. The standard InChI is InChI=1S/C13H23NO2/c1-7-11(10(4)9(2)3)12(16)14-13(5,6)8-15/h7,15H,8H2,1-6H3,(H,14,16)/b11-7-. The molecular weight excluding hydrogens is 202 g/mol. The molecule has 0 aliphatic rings. The van der Waals surface area contributed by atoms with Crippen LogP contribution in [-0.4, -0.2) is 23.2 Å². The van der Waals surface area contributed by atoms with Crippen molar-refractivity contribution < 1.29 is 9.90 Å². The van der Waals surface area contributed by atoms with E-state index in [1.165, 1.54) is 0 Å². The zero-order chi connectivity index (χ0) is 12.9. The predicted octanol–water partition coefficient (Wildman–Crippen LogP) is 2.18. The van der Waals surface area contributed by atoms with Crippen molar-refractivity contribution in [3.05, 3.63) is 22.8 Å². The van der Waals surface area contributed by atoms with Crippen molar-refractivity contribution in [2.24, 2.45) is 0 Å². The summed E-state index contributed by atoms with van der Waals surface area (Å²) in [5, 5.41) is 11.9. The Balaban J connectivity index is 4.92. The van der Waals surface area contributed by atoms with Crippen LogP contribution in [0.25, 0.3) is 0 Å². The lowest BCUT2D eigenvalue weighted by Gasteiger charge is -2.24. The summed E-state index contributed by atoms with van der Waals surface area (Å²) in [6.45, 7) is 11.2. The quantitative estimate of drug-likeness (QED) is 0.569. The molecule has 92 valence electrons. The normalized spacial score (nSPS) is 12.3. The molecule has 1 amide bonds. The monoisotopic (exact) mass is 225 g/mol. The van der Waals surface area contributed by atoms with Gasteiger partial charge in [-0.25, -0.2) is 0 Å². The van der Waals surface area contributed by atoms with Gasteiger partial charge in [-0.2, -0.15) is 0 Å². The maximum Gasteiger partial charge on any atom is 0.251 e. The number of amides is 1. The van der Waals surface area contributed by atoms with Crippen molar-refractivity contribution in [3.63, 3.8) is 0 Å². The summed E-state index contributed by atoms with van der Waals surface area (Å²) < 4.78 is 0. The van der Waals surface area contributed by atoms with Crippen molar-refractivity contribution in [2.45, 2.75) is 47.1 Å². The summed E-state index contributed by atoms with van der Waals surface area (Å²) in [5.41, 5.74) is 2.17. The van der Waals surface area contributed by atoms with E-state index in [1.54, 1.807) is 19.9 Å². The van der Waals surface area contributed by atoms with Crippen molar-refractivity contribution >= 4 is 5.91 Å². The smallest absolute Gasteiger partial charge is 0.251 e. The van der Waals surface area contributed by atoms with Crippen molar-refractivity contribution in [1.29, 1.82) is 0 Å². The van der Waals surface area contributed by atoms with E-state index in [0.29, 0.717) is 5.57 Å². The van der Waals surface area contributed by atoms with Crippen LogP contribution in [0.1, 0.15) is 41.5 Å². The highest BCUT2D eigenvalue weighted by Gasteiger charge is 2.21. The number of aliphatic hydroxyl groups excluding tert-OH is 1. The summed E-state index contributed by atoms with van der Waals surface area (Å²) in [6, 6.07) is 0. The molecule has 0 aliphatic heterocycles. The molecule has 0 radical (unpaired) electrons. The van der Waals surface area contributed by atoms with Crippen LogP contribution in [0.4, 0.5) is 0 Å². The predicted molar refractivity (Wildman–Crippen MR) is 67.1 cm³/mol. The SMILES string of the molecule is C/C=C(\C(=O)NC(C)(C)CO)C(C)=C(C)C. The third kappa shape index (κ3) is 4.19. The average molecular weight is 225 g/mol. The third-order valence-electron chi connectivity index (χ3n) is 2.53. The second kappa shape index (κ2) is 5.85. The number of carbonyl (C=O) groups excluding carboxylic acids is 1. The van der Waals surface area contributed by atoms with Gasteiger partial charge in [0, 0.05) is 5.57 Å². The van der Waals surface area contributed by atoms with Crippen LogP contribution in [-0.2, 0) is 4.79 Å². The van der Waals surface area contributed by atoms with Crippen LogP contribution >= 0.6 is 0 Å². The maximum atomic E-state index is 12.0. The van der Waals surface area contributed by atoms with Gasteiger partial charge in [0.05, 0.1) is 12.1 Å². The number of nitrogens with one attached hydrogen (secondary N) is 1. The molecule has 16 heavy (non-hydrogen) atoms. The van der Waals surface area contributed by atoms with Crippen LogP contribution < -0.4 is 5.32 Å². The summed E-state index contributed by atoms with van der Waals surface area (Å²) in [5.74, 6) is -0.139. The van der Waals surface area contributed by atoms with Gasteiger partial charge >= 0.3 is 0 Å². The first-order valence-corrected chi connectivity index (χ1v) is 5.49. The molecular formula is C13H23NO2. The Hall–Kier alpha value is -1.09. The van der Waals surface area contributed by atoms with E-state index in [-0.39, 0.29) is 12.5 Å². The lowest BCUT2D eigenvalue weighted by atomic mass is 10.00. The Kier molecular flexibility index (Phi) is 5.45. The Morgan fingerprint density at radius 3 is 2.12 bits per heavy atom. The second-order valence-electron chi connectivity index (χ2n) is 4.82. The molecule has 3 heteroatoms. The minimum absolute atomic E-state index is 0.0798. The van der Waals surface area contributed by atoms with Gasteiger partial charge in [-0.3, -0.25) is 4.79 Å². The molecule has 0 heterocycles. The highest BCUT2D eigenvalue weighted by atomic mass is 16.3. The second-order valence-corrected chi connectivity index (χ2v) is 4.82. The Morgan fingerprint density at radius 2 is 1.81 bits per heavy atom. The first-order chi connectivity index (χ1) is 7.25. The Labute approximate surface area is 98.2 Å². The van der Waals surface area contributed by atoms with Crippen LogP contribution in [0.3, 0.4) is 0 Å². The van der Waals surface area contributed by atoms with Crippen LogP contribution in [0.5, 0.6) is 0 Å². The van der Waals surface area contributed by atoms with E-state index < -0.39 is 5.54 Å². The van der Waals surface area contributed by atoms with Gasteiger partial charge in [0.25, 0.3) is 5.91 Å². The van der Waals surface area contributed by atoms with E-state index >= 15 is 0 Å². The van der Waals surface area contributed by atoms with Gasteiger partial charge in [0.1, 0.15) is 0 Å². The Morgan fingerprint density at radius 1 is 1.31 bits per heavy atom. The number of aliphatic hydroxyl groups is 1. The molecule has 0 unspecified atom stereocenters. The minimum atomic E-state index is -0.590. The highest BCUT2D eigenvalue weighted by molar-refractivity contribution is 5.98. The summed E-state index contributed by atoms with van der Waals surface area (Å²) in [6.07, 6.45) is 1.80. The molecule has 2 N–H and O–H groups in total. The highest BCUT2D eigenvalue weighted by Crippen LogP contribution is 2.15. The number of rotatable bonds is 4. The number of allylic oxidation sites excluding steroid dienone is 2. The molecule has 0 rings (SSSR count). The van der Waals surface area contributed by atoms with Gasteiger partial charge < -0.3 is 10.4 Å². The van der Waals surface area contributed by atoms with Gasteiger partial charge in [-0.1, -0.05) is 11.6 Å². The van der Waals surface area contributed by atoms with E-state index in [2.05, 4.69) is 5.32 Å². The Bertz CT molecular complexity index is 321. The van der Waals surface area contributed by atoms with Gasteiger partial charge in [0.15, 0.2) is 0 Å².